The van der Waals surface area contributed by atoms with Crippen molar-refractivity contribution in [2.24, 2.45) is 0 Å². The van der Waals surface area contributed by atoms with E-state index in [-0.39, 0.29) is 5.56 Å². The molecule has 2 aromatic carbocycles. The lowest BCUT2D eigenvalue weighted by molar-refractivity contribution is 0.239. The number of nitrogens with one attached hydrogen (secondary N) is 1. The van der Waals surface area contributed by atoms with Crippen LogP contribution in [0.1, 0.15) is 17.0 Å². The Balaban J connectivity index is 1.63. The van der Waals surface area contributed by atoms with Crippen LogP contribution in [-0.4, -0.2) is 40.7 Å². The average molecular weight is 367 g/mol. The number of benzene rings is 2. The Labute approximate surface area is 156 Å². The van der Waals surface area contributed by atoms with E-state index in [1.807, 2.05) is 12.1 Å². The molecule has 0 unspecified atom stereocenters. The molecule has 0 amide bonds. The van der Waals surface area contributed by atoms with Crippen LogP contribution in [0.25, 0.3) is 10.9 Å². The van der Waals surface area contributed by atoms with E-state index in [2.05, 4.69) is 14.9 Å². The molecule has 0 saturated heterocycles. The fraction of sp³-hybridized carbons (Fsp3) is 0.300. The Bertz CT molecular complexity index is 1060. The van der Waals surface area contributed by atoms with Crippen molar-refractivity contribution < 1.29 is 14.6 Å². The molecule has 0 spiro atoms. The highest BCUT2D eigenvalue weighted by Crippen LogP contribution is 2.30. The van der Waals surface area contributed by atoms with Gasteiger partial charge in [-0.05, 0) is 35.7 Å². The number of methoxy groups -OCH3 is 2. The first-order chi connectivity index (χ1) is 13.1. The third-order valence-electron chi connectivity index (χ3n) is 4.91. The van der Waals surface area contributed by atoms with Crippen molar-refractivity contribution in [3.8, 4) is 17.2 Å². The summed E-state index contributed by atoms with van der Waals surface area (Å²) in [4.78, 5) is 22.2. The maximum absolute atomic E-state index is 12.5. The van der Waals surface area contributed by atoms with E-state index < -0.39 is 0 Å². The topological polar surface area (TPSA) is 87.7 Å². The lowest BCUT2D eigenvalue weighted by Gasteiger charge is -2.28. The van der Waals surface area contributed by atoms with Crippen molar-refractivity contribution in [1.29, 1.82) is 0 Å². The number of aromatic hydroxyl groups is 1. The Morgan fingerprint density at radius 3 is 2.70 bits per heavy atom. The molecule has 140 valence electrons. The Hall–Kier alpha value is -3.06. The van der Waals surface area contributed by atoms with Gasteiger partial charge in [0.15, 0.2) is 11.5 Å². The van der Waals surface area contributed by atoms with Crippen LogP contribution in [0.3, 0.4) is 0 Å². The zero-order valence-corrected chi connectivity index (χ0v) is 15.3. The summed E-state index contributed by atoms with van der Waals surface area (Å²) in [7, 11) is 3.09. The molecule has 3 aromatic rings. The van der Waals surface area contributed by atoms with Gasteiger partial charge in [-0.15, -0.1) is 0 Å². The summed E-state index contributed by atoms with van der Waals surface area (Å²) in [5.41, 5.74) is 2.74. The number of nitrogens with zero attached hydrogens (tertiary/aromatic N) is 2. The van der Waals surface area contributed by atoms with Crippen LogP contribution in [-0.2, 0) is 19.5 Å². The fourth-order valence-corrected chi connectivity index (χ4v) is 3.53. The van der Waals surface area contributed by atoms with Crippen molar-refractivity contribution in [1.82, 2.24) is 14.9 Å². The molecular weight excluding hydrogens is 346 g/mol. The Morgan fingerprint density at radius 2 is 1.93 bits per heavy atom. The second-order valence-electron chi connectivity index (χ2n) is 6.65. The molecule has 0 atom stereocenters. The van der Waals surface area contributed by atoms with Gasteiger partial charge in [-0.2, -0.15) is 0 Å². The van der Waals surface area contributed by atoms with Gasteiger partial charge in [0.05, 0.1) is 31.7 Å². The van der Waals surface area contributed by atoms with Crippen LogP contribution in [0.4, 0.5) is 0 Å². The maximum atomic E-state index is 12.5. The number of phenolic OH excluding ortho intramolecular Hbond substituents is 1. The van der Waals surface area contributed by atoms with Gasteiger partial charge < -0.3 is 19.6 Å². The molecule has 27 heavy (non-hydrogen) atoms. The van der Waals surface area contributed by atoms with Crippen molar-refractivity contribution in [2.45, 2.75) is 19.5 Å². The monoisotopic (exact) mass is 367 g/mol. The summed E-state index contributed by atoms with van der Waals surface area (Å²) in [6, 6.07) is 8.85. The van der Waals surface area contributed by atoms with Gasteiger partial charge in [-0.25, -0.2) is 4.98 Å². The third-order valence-corrected chi connectivity index (χ3v) is 4.91. The summed E-state index contributed by atoms with van der Waals surface area (Å²) in [6.07, 6.45) is 0.854. The van der Waals surface area contributed by atoms with Crippen LogP contribution in [0.5, 0.6) is 17.2 Å². The largest absolute Gasteiger partial charge is 0.508 e. The van der Waals surface area contributed by atoms with Crippen molar-refractivity contribution in [2.75, 3.05) is 20.8 Å². The number of H-pyrrole nitrogens is 1. The SMILES string of the molecule is COc1cc2nc(CN3CCc4cc(O)ccc4C3)[nH]c(=O)c2cc1OC. The van der Waals surface area contributed by atoms with Crippen molar-refractivity contribution in [3.63, 3.8) is 0 Å². The quantitative estimate of drug-likeness (QED) is 0.735. The van der Waals surface area contributed by atoms with E-state index in [1.54, 1.807) is 25.3 Å². The van der Waals surface area contributed by atoms with E-state index >= 15 is 0 Å². The van der Waals surface area contributed by atoms with Crippen molar-refractivity contribution >= 4 is 10.9 Å². The zero-order valence-electron chi connectivity index (χ0n) is 15.3. The molecule has 0 radical (unpaired) electrons. The summed E-state index contributed by atoms with van der Waals surface area (Å²) < 4.78 is 10.6. The predicted octanol–water partition coefficient (Wildman–Crippen LogP) is 2.20. The van der Waals surface area contributed by atoms with Gasteiger partial charge in [0, 0.05) is 19.2 Å². The molecule has 7 nitrogen and oxygen atoms in total. The standard InChI is InChI=1S/C20H21N3O4/c1-26-17-8-15-16(9-18(17)27-2)21-19(22-20(15)25)11-23-6-5-12-7-14(24)4-3-13(12)10-23/h3-4,7-9,24H,5-6,10-11H2,1-2H3,(H,21,22,25). The van der Waals surface area contributed by atoms with Crippen LogP contribution in [0, 0.1) is 0 Å². The first-order valence-electron chi connectivity index (χ1n) is 8.75. The second-order valence-corrected chi connectivity index (χ2v) is 6.65. The number of aromatic amines is 1. The zero-order chi connectivity index (χ0) is 19.0. The molecule has 0 fully saturated rings. The van der Waals surface area contributed by atoms with Gasteiger partial charge in [0.2, 0.25) is 0 Å². The lowest BCUT2D eigenvalue weighted by atomic mass is 9.99. The molecular formula is C20H21N3O4. The number of aromatic nitrogens is 2. The molecule has 0 saturated carbocycles. The number of ether oxygens (including phenoxy) is 2. The van der Waals surface area contributed by atoms with E-state index in [4.69, 9.17) is 9.47 Å². The highest BCUT2D eigenvalue weighted by Gasteiger charge is 2.18. The number of rotatable bonds is 4. The van der Waals surface area contributed by atoms with Crippen molar-refractivity contribution in [3.05, 3.63) is 57.6 Å². The smallest absolute Gasteiger partial charge is 0.258 e. The van der Waals surface area contributed by atoms with E-state index in [1.165, 1.54) is 18.2 Å². The molecule has 0 bridgehead atoms. The molecule has 2 heterocycles. The predicted molar refractivity (Wildman–Crippen MR) is 101 cm³/mol. The fourth-order valence-electron chi connectivity index (χ4n) is 3.53. The molecule has 1 aliphatic rings. The number of hydrogen-bond donors (Lipinski definition) is 2. The number of phenols is 1. The molecule has 7 heteroatoms. The molecule has 0 aliphatic carbocycles. The highest BCUT2D eigenvalue weighted by molar-refractivity contribution is 5.81. The number of fused-ring (bicyclic) bond motifs is 2. The number of hydrogen-bond acceptors (Lipinski definition) is 6. The Kier molecular flexibility index (Phi) is 4.45. The van der Waals surface area contributed by atoms with Gasteiger partial charge in [0.1, 0.15) is 11.6 Å². The third kappa shape index (κ3) is 3.33. The van der Waals surface area contributed by atoms with Crippen LogP contribution in [0.2, 0.25) is 0 Å². The normalized spacial score (nSPS) is 14.1. The van der Waals surface area contributed by atoms with Crippen LogP contribution >= 0.6 is 0 Å². The first-order valence-corrected chi connectivity index (χ1v) is 8.75. The minimum absolute atomic E-state index is 0.196. The van der Waals surface area contributed by atoms with E-state index in [0.29, 0.717) is 40.5 Å². The van der Waals surface area contributed by atoms with Gasteiger partial charge in [0.25, 0.3) is 5.56 Å². The minimum atomic E-state index is -0.196. The summed E-state index contributed by atoms with van der Waals surface area (Å²) >= 11 is 0. The summed E-state index contributed by atoms with van der Waals surface area (Å²) in [6.45, 7) is 2.13. The first kappa shape index (κ1) is 17.4. The van der Waals surface area contributed by atoms with Gasteiger partial charge >= 0.3 is 0 Å². The lowest BCUT2D eigenvalue weighted by Crippen LogP contribution is -2.31. The summed E-state index contributed by atoms with van der Waals surface area (Å²) in [5.74, 6) is 1.95. The maximum Gasteiger partial charge on any atom is 0.258 e. The van der Waals surface area contributed by atoms with E-state index in [0.717, 1.165) is 19.5 Å². The summed E-state index contributed by atoms with van der Waals surface area (Å²) in [5, 5.41) is 10.1. The second kappa shape index (κ2) is 6.92. The van der Waals surface area contributed by atoms with Gasteiger partial charge in [-0.1, -0.05) is 6.07 Å². The minimum Gasteiger partial charge on any atom is -0.508 e. The highest BCUT2D eigenvalue weighted by atomic mass is 16.5. The molecule has 2 N–H and O–H groups in total. The average Bonchev–Trinajstić information content (AvgIpc) is 2.67. The Morgan fingerprint density at radius 1 is 1.15 bits per heavy atom. The van der Waals surface area contributed by atoms with E-state index in [9.17, 15) is 9.90 Å². The van der Waals surface area contributed by atoms with Gasteiger partial charge in [-0.3, -0.25) is 9.69 Å². The molecule has 4 rings (SSSR count). The van der Waals surface area contributed by atoms with Crippen LogP contribution < -0.4 is 15.0 Å². The molecule has 1 aliphatic heterocycles. The molecule has 1 aromatic heterocycles. The van der Waals surface area contributed by atoms with Crippen LogP contribution in [0.15, 0.2) is 35.1 Å².